The molecule has 0 bridgehead atoms. The first kappa shape index (κ1) is 25.3. The smallest absolute Gasteiger partial charge is 0.402 e. The predicted molar refractivity (Wildman–Crippen MR) is 137 cm³/mol. The van der Waals surface area contributed by atoms with Gasteiger partial charge in [0.2, 0.25) is 6.17 Å². The molecule has 2 aromatic heterocycles. The Kier molecular flexibility index (Phi) is 6.53. The van der Waals surface area contributed by atoms with Gasteiger partial charge in [0.25, 0.3) is 11.8 Å². The summed E-state index contributed by atoms with van der Waals surface area (Å²) in [6.07, 6.45) is -1.60. The van der Waals surface area contributed by atoms with Gasteiger partial charge in [0.05, 0.1) is 30.2 Å². The van der Waals surface area contributed by atoms with Gasteiger partial charge in [0, 0.05) is 30.4 Å². The first-order valence-electron chi connectivity index (χ1n) is 12.2. The van der Waals surface area contributed by atoms with Crippen molar-refractivity contribution in [3.8, 4) is 11.6 Å². The molecule has 2 aliphatic heterocycles. The fraction of sp³-hybridized carbons (Fsp3) is 0.222. The number of rotatable bonds is 5. The van der Waals surface area contributed by atoms with Crippen LogP contribution in [0.1, 0.15) is 11.1 Å². The second-order valence-electron chi connectivity index (χ2n) is 8.87. The number of nitrogens with zero attached hydrogens (tertiary/aromatic N) is 5. The molecular weight excluding hydrogens is 527 g/mol. The third kappa shape index (κ3) is 5.04. The van der Waals surface area contributed by atoms with Gasteiger partial charge < -0.3 is 24.7 Å². The molecule has 3 aliphatic rings. The van der Waals surface area contributed by atoms with Gasteiger partial charge in [-0.2, -0.15) is 13.2 Å². The number of pyridine rings is 1. The van der Waals surface area contributed by atoms with Crippen molar-refractivity contribution in [2.24, 2.45) is 4.99 Å². The van der Waals surface area contributed by atoms with Crippen molar-refractivity contribution < 1.29 is 27.1 Å². The summed E-state index contributed by atoms with van der Waals surface area (Å²) in [5, 5.41) is 13.5. The van der Waals surface area contributed by atoms with E-state index in [1.807, 2.05) is 30.3 Å². The third-order valence-electron chi connectivity index (χ3n) is 6.29. The SMILES string of the molecule is O=C1NC2=C=C=CC=C2C(c2ccccc2)=N[C@@H]1Nc1nnc(-c2ncc(C(F)(F)F)cc2N2CCOCC2)o1. The number of carbonyl (C=O) groups excluding carboxylic acids is 1. The molecule has 0 unspecified atom stereocenters. The maximum Gasteiger partial charge on any atom is 0.417 e. The number of aliphatic imine (C=N–C) groups is 1. The van der Waals surface area contributed by atoms with E-state index in [9.17, 15) is 18.0 Å². The van der Waals surface area contributed by atoms with Gasteiger partial charge >= 0.3 is 12.2 Å². The van der Waals surface area contributed by atoms with Gasteiger partial charge in [-0.3, -0.25) is 4.79 Å². The number of carbonyl (C=O) groups is 1. The molecule has 1 amide bonds. The molecule has 1 fully saturated rings. The summed E-state index contributed by atoms with van der Waals surface area (Å²) in [4.78, 5) is 23.5. The molecule has 1 aromatic carbocycles. The van der Waals surface area contributed by atoms with Crippen molar-refractivity contribution in [2.45, 2.75) is 12.3 Å². The van der Waals surface area contributed by atoms with E-state index in [2.05, 4.69) is 42.3 Å². The number of fused-ring (bicyclic) bond motifs is 1. The zero-order chi connectivity index (χ0) is 27.7. The average Bonchev–Trinajstić information content (AvgIpc) is 3.38. The normalized spacial score (nSPS) is 18.8. The largest absolute Gasteiger partial charge is 0.417 e. The Hall–Kier alpha value is -4.96. The summed E-state index contributed by atoms with van der Waals surface area (Å²) < 4.78 is 51.4. The zero-order valence-electron chi connectivity index (χ0n) is 20.7. The minimum atomic E-state index is -4.58. The topological polar surface area (TPSA) is 118 Å². The van der Waals surface area contributed by atoms with Crippen molar-refractivity contribution in [1.82, 2.24) is 20.5 Å². The van der Waals surface area contributed by atoms with Crippen LogP contribution in [0.2, 0.25) is 0 Å². The first-order valence-corrected chi connectivity index (χ1v) is 12.2. The predicted octanol–water partition coefficient (Wildman–Crippen LogP) is 3.48. The molecule has 13 heteroatoms. The lowest BCUT2D eigenvalue weighted by molar-refractivity contribution is -0.137. The number of anilines is 2. The lowest BCUT2D eigenvalue weighted by Crippen LogP contribution is -2.36. The number of hydrogen-bond acceptors (Lipinski definition) is 9. The van der Waals surface area contributed by atoms with Crippen molar-refractivity contribution in [2.75, 3.05) is 36.5 Å². The van der Waals surface area contributed by atoms with Gasteiger partial charge in [-0.15, -0.1) is 5.10 Å². The highest BCUT2D eigenvalue weighted by Crippen LogP contribution is 2.36. The Labute approximate surface area is 225 Å². The molecular formula is C27H20F3N7O3. The molecule has 10 nitrogen and oxygen atoms in total. The van der Waals surface area contributed by atoms with E-state index in [1.54, 1.807) is 17.1 Å². The summed E-state index contributed by atoms with van der Waals surface area (Å²) >= 11 is 0. The van der Waals surface area contributed by atoms with E-state index in [-0.39, 0.29) is 23.3 Å². The summed E-state index contributed by atoms with van der Waals surface area (Å²) in [6.45, 7) is 1.43. The molecule has 1 atom stereocenters. The summed E-state index contributed by atoms with van der Waals surface area (Å²) in [7, 11) is 0. The highest BCUT2D eigenvalue weighted by atomic mass is 19.4. The van der Waals surface area contributed by atoms with Gasteiger partial charge in [-0.1, -0.05) is 41.2 Å². The van der Waals surface area contributed by atoms with E-state index in [4.69, 9.17) is 9.15 Å². The summed E-state index contributed by atoms with van der Waals surface area (Å²) in [5.41, 5.74) is 7.44. The number of alkyl halides is 3. The molecule has 0 radical (unpaired) electrons. The first-order chi connectivity index (χ1) is 19.4. The number of halogens is 3. The number of morpholine rings is 1. The highest BCUT2D eigenvalue weighted by Gasteiger charge is 2.34. The number of allylic oxidation sites excluding steroid dienone is 3. The van der Waals surface area contributed by atoms with Crippen LogP contribution in [-0.2, 0) is 15.7 Å². The van der Waals surface area contributed by atoms with Crippen LogP contribution in [0.3, 0.4) is 0 Å². The molecule has 0 spiro atoms. The van der Waals surface area contributed by atoms with E-state index >= 15 is 0 Å². The Morgan fingerprint density at radius 1 is 1.12 bits per heavy atom. The molecule has 1 saturated heterocycles. The van der Waals surface area contributed by atoms with E-state index in [0.29, 0.717) is 43.3 Å². The Morgan fingerprint density at radius 3 is 2.70 bits per heavy atom. The molecule has 1 aliphatic carbocycles. The van der Waals surface area contributed by atoms with E-state index in [1.165, 1.54) is 0 Å². The lowest BCUT2D eigenvalue weighted by atomic mass is 9.98. The molecule has 0 saturated carbocycles. The number of ether oxygens (including phenoxy) is 1. The molecule has 40 heavy (non-hydrogen) atoms. The minimum absolute atomic E-state index is 0.0757. The van der Waals surface area contributed by atoms with Crippen LogP contribution in [0.25, 0.3) is 11.6 Å². The highest BCUT2D eigenvalue weighted by molar-refractivity contribution is 6.17. The van der Waals surface area contributed by atoms with Crippen LogP contribution in [0.5, 0.6) is 0 Å². The van der Waals surface area contributed by atoms with Crippen LogP contribution in [0.15, 0.2) is 86.9 Å². The second kappa shape index (κ2) is 10.3. The number of amides is 1. The molecule has 6 rings (SSSR count). The molecule has 202 valence electrons. The van der Waals surface area contributed by atoms with Gasteiger partial charge in [0.15, 0.2) is 5.69 Å². The van der Waals surface area contributed by atoms with Crippen molar-refractivity contribution in [3.63, 3.8) is 0 Å². The monoisotopic (exact) mass is 547 g/mol. The summed E-state index contributed by atoms with van der Waals surface area (Å²) in [5.74, 6) is -0.630. The Bertz CT molecular complexity index is 1630. The van der Waals surface area contributed by atoms with Crippen molar-refractivity contribution >= 4 is 23.3 Å². The van der Waals surface area contributed by atoms with Crippen LogP contribution in [0.4, 0.5) is 24.9 Å². The fourth-order valence-electron chi connectivity index (χ4n) is 4.37. The average molecular weight is 547 g/mol. The number of hydrogen-bond donors (Lipinski definition) is 2. The minimum Gasteiger partial charge on any atom is -0.402 e. The summed E-state index contributed by atoms with van der Waals surface area (Å²) in [6, 6.07) is 10.1. The third-order valence-corrected chi connectivity index (χ3v) is 6.29. The van der Waals surface area contributed by atoms with Crippen LogP contribution in [-0.4, -0.2) is 59.3 Å². The Balaban J connectivity index is 1.34. The number of benzene rings is 1. The van der Waals surface area contributed by atoms with Gasteiger partial charge in [-0.05, 0) is 23.9 Å². The number of nitrogens with one attached hydrogen (secondary N) is 2. The van der Waals surface area contributed by atoms with Gasteiger partial charge in [-0.25, -0.2) is 9.98 Å². The Morgan fingerprint density at radius 2 is 1.93 bits per heavy atom. The van der Waals surface area contributed by atoms with Crippen LogP contribution in [0, 0.1) is 0 Å². The zero-order valence-corrected chi connectivity index (χ0v) is 20.7. The van der Waals surface area contributed by atoms with E-state index in [0.717, 1.165) is 17.8 Å². The molecule has 3 aromatic rings. The molecule has 2 N–H and O–H groups in total. The maximum atomic E-state index is 13.5. The van der Waals surface area contributed by atoms with Crippen LogP contribution >= 0.6 is 0 Å². The quantitative estimate of drug-likeness (QED) is 0.467. The molecule has 4 heterocycles. The lowest BCUT2D eigenvalue weighted by Gasteiger charge is -2.30. The van der Waals surface area contributed by atoms with Crippen LogP contribution < -0.4 is 15.5 Å². The number of aromatic nitrogens is 3. The van der Waals surface area contributed by atoms with E-state index < -0.39 is 23.8 Å². The van der Waals surface area contributed by atoms with Crippen molar-refractivity contribution in [1.29, 1.82) is 0 Å². The second-order valence-corrected chi connectivity index (χ2v) is 8.87. The maximum absolute atomic E-state index is 13.5. The van der Waals surface area contributed by atoms with Crippen molar-refractivity contribution in [3.05, 3.63) is 88.6 Å². The fourth-order valence-corrected chi connectivity index (χ4v) is 4.37. The van der Waals surface area contributed by atoms with Gasteiger partial charge in [0.1, 0.15) is 5.70 Å². The standard InChI is InChI=1S/C27H20F3N7O3/c28-27(29,30)17-14-20(37-10-12-39-13-11-37)22(31-15-17)25-35-36-26(40-25)34-23-24(38)32-19-9-5-4-8-18(19)21(33-23)16-6-2-1-3-7-16/h1-4,6-8,14-15,23H,10-13H2,(H,32,38)(H,34,36)/t23-/m1/s1.